The van der Waals surface area contributed by atoms with E-state index in [0.717, 1.165) is 18.5 Å². The number of nitrogens with zero attached hydrogens (tertiary/aromatic N) is 5. The average molecular weight is 451 g/mol. The van der Waals surface area contributed by atoms with E-state index in [1.54, 1.807) is 18.6 Å². The zero-order valence-electron chi connectivity index (χ0n) is 19.5. The number of hydrogen-bond acceptors (Lipinski definition) is 6. The molecule has 7 nitrogen and oxygen atoms in total. The molecule has 2 fully saturated rings. The molecule has 174 valence electrons. The molecule has 3 aromatic rings. The number of rotatable bonds is 4. The molecule has 5 atom stereocenters. The number of anilines is 1. The van der Waals surface area contributed by atoms with Crippen LogP contribution in [0.5, 0.6) is 5.75 Å². The molecule has 0 amide bonds. The van der Waals surface area contributed by atoms with Gasteiger partial charge in [-0.2, -0.15) is 0 Å². The Balaban J connectivity index is 1.38. The lowest BCUT2D eigenvalue weighted by atomic mass is 9.64. The van der Waals surface area contributed by atoms with Gasteiger partial charge >= 0.3 is 0 Å². The van der Waals surface area contributed by atoms with Crippen LogP contribution in [0.2, 0.25) is 0 Å². The quantitative estimate of drug-likeness (QED) is 0.623. The normalized spacial score (nSPS) is 31.4. The Kier molecular flexibility index (Phi) is 5.16. The van der Waals surface area contributed by atoms with Gasteiger partial charge in [-0.1, -0.05) is 6.92 Å². The van der Waals surface area contributed by atoms with E-state index in [2.05, 4.69) is 34.3 Å². The summed E-state index contributed by atoms with van der Waals surface area (Å²) in [6.07, 6.45) is 6.74. The highest BCUT2D eigenvalue weighted by Gasteiger charge is 2.55. The monoisotopic (exact) mass is 450 g/mol. The molecule has 2 aromatic heterocycles. The van der Waals surface area contributed by atoms with Gasteiger partial charge in [0, 0.05) is 42.1 Å². The minimum Gasteiger partial charge on any atom is -0.507 e. The van der Waals surface area contributed by atoms with Crippen molar-refractivity contribution in [3.8, 4) is 22.7 Å². The number of imidazole rings is 1. The predicted molar refractivity (Wildman–Crippen MR) is 126 cm³/mol. The third kappa shape index (κ3) is 3.86. The SMILES string of the molecule is CC1C[C@@]2(C)C[C@H](N(C)c3ccc(-c4ccc(-n5ccnc5)cc4O)nn3)[C@@H](F)[C@@](C)(C1)N2. The summed E-state index contributed by atoms with van der Waals surface area (Å²) in [7, 11) is 1.90. The molecule has 2 saturated heterocycles. The topological polar surface area (TPSA) is 79.1 Å². The first kappa shape index (κ1) is 21.8. The smallest absolute Gasteiger partial charge is 0.151 e. The zero-order valence-corrected chi connectivity index (χ0v) is 19.5. The third-order valence-electron chi connectivity index (χ3n) is 7.33. The highest BCUT2D eigenvalue weighted by molar-refractivity contribution is 5.69. The molecule has 33 heavy (non-hydrogen) atoms. The number of phenolic OH excluding ortho intramolecular Hbond substituents is 1. The minimum atomic E-state index is -1.01. The van der Waals surface area contributed by atoms with Crippen LogP contribution in [-0.2, 0) is 0 Å². The van der Waals surface area contributed by atoms with E-state index in [4.69, 9.17) is 0 Å². The van der Waals surface area contributed by atoms with Crippen LogP contribution in [0.1, 0.15) is 40.0 Å². The molecule has 0 aliphatic carbocycles. The number of nitrogens with one attached hydrogen (secondary N) is 1. The molecule has 1 unspecified atom stereocenters. The molecule has 0 spiro atoms. The number of hydrogen-bond donors (Lipinski definition) is 2. The number of fused-ring (bicyclic) bond motifs is 2. The van der Waals surface area contributed by atoms with Crippen LogP contribution in [-0.4, -0.2) is 55.2 Å². The second-order valence-electron chi connectivity index (χ2n) is 10.3. The van der Waals surface area contributed by atoms with Crippen molar-refractivity contribution in [3.63, 3.8) is 0 Å². The molecule has 0 saturated carbocycles. The van der Waals surface area contributed by atoms with E-state index in [0.29, 0.717) is 29.4 Å². The molecular weight excluding hydrogens is 419 g/mol. The Hall–Kier alpha value is -3.00. The first-order valence-electron chi connectivity index (χ1n) is 11.5. The molecule has 0 radical (unpaired) electrons. The van der Waals surface area contributed by atoms with Gasteiger partial charge < -0.3 is 19.9 Å². The Morgan fingerprint density at radius 1 is 1.15 bits per heavy atom. The minimum absolute atomic E-state index is 0.0932. The molecule has 8 heteroatoms. The second kappa shape index (κ2) is 7.80. The Labute approximate surface area is 193 Å². The maximum absolute atomic E-state index is 15.7. The lowest BCUT2D eigenvalue weighted by Gasteiger charge is -2.58. The van der Waals surface area contributed by atoms with Gasteiger partial charge in [-0.15, -0.1) is 10.2 Å². The van der Waals surface area contributed by atoms with E-state index >= 15 is 4.39 Å². The van der Waals surface area contributed by atoms with Gasteiger partial charge in [-0.25, -0.2) is 9.37 Å². The maximum atomic E-state index is 15.7. The van der Waals surface area contributed by atoms with Crippen LogP contribution in [0, 0.1) is 5.92 Å². The molecule has 1 aromatic carbocycles. The van der Waals surface area contributed by atoms with Crippen molar-refractivity contribution < 1.29 is 9.50 Å². The Bertz CT molecular complexity index is 1140. The van der Waals surface area contributed by atoms with Gasteiger partial charge in [-0.05, 0) is 63.3 Å². The number of aromatic nitrogens is 4. The first-order valence-corrected chi connectivity index (χ1v) is 11.5. The number of phenols is 1. The Morgan fingerprint density at radius 2 is 1.97 bits per heavy atom. The summed E-state index contributed by atoms with van der Waals surface area (Å²) >= 11 is 0. The van der Waals surface area contributed by atoms with Crippen molar-refractivity contribution in [2.75, 3.05) is 11.9 Å². The summed E-state index contributed by atoms with van der Waals surface area (Å²) in [5.74, 6) is 1.24. The van der Waals surface area contributed by atoms with Crippen LogP contribution in [0.4, 0.5) is 10.2 Å². The summed E-state index contributed by atoms with van der Waals surface area (Å²) < 4.78 is 17.6. The molecule has 2 aliphatic rings. The van der Waals surface area contributed by atoms with Crippen LogP contribution in [0.15, 0.2) is 49.1 Å². The summed E-state index contributed by atoms with van der Waals surface area (Å²) in [6.45, 7) is 6.44. The van der Waals surface area contributed by atoms with Crippen LogP contribution < -0.4 is 10.2 Å². The van der Waals surface area contributed by atoms with Crippen molar-refractivity contribution in [1.82, 2.24) is 25.1 Å². The van der Waals surface area contributed by atoms with Crippen molar-refractivity contribution >= 4 is 5.82 Å². The van der Waals surface area contributed by atoms with E-state index in [1.165, 1.54) is 0 Å². The summed E-state index contributed by atoms with van der Waals surface area (Å²) in [5.41, 5.74) is 1.33. The maximum Gasteiger partial charge on any atom is 0.151 e. The molecule has 4 heterocycles. The fraction of sp³-hybridized carbons (Fsp3) is 0.480. The van der Waals surface area contributed by atoms with Crippen molar-refractivity contribution in [2.24, 2.45) is 5.92 Å². The molecule has 2 bridgehead atoms. The van der Waals surface area contributed by atoms with Crippen molar-refractivity contribution in [3.05, 3.63) is 49.1 Å². The summed E-state index contributed by atoms with van der Waals surface area (Å²) in [6, 6.07) is 8.77. The molecule has 2 N–H and O–H groups in total. The summed E-state index contributed by atoms with van der Waals surface area (Å²) in [5, 5.41) is 22.9. The molecule has 2 aliphatic heterocycles. The van der Waals surface area contributed by atoms with Gasteiger partial charge in [0.1, 0.15) is 11.9 Å². The van der Waals surface area contributed by atoms with Gasteiger partial charge in [0.05, 0.1) is 23.8 Å². The van der Waals surface area contributed by atoms with Gasteiger partial charge in [0.2, 0.25) is 0 Å². The van der Waals surface area contributed by atoms with Gasteiger partial charge in [0.15, 0.2) is 5.82 Å². The van der Waals surface area contributed by atoms with Crippen LogP contribution in [0.3, 0.4) is 0 Å². The van der Waals surface area contributed by atoms with Gasteiger partial charge in [0.25, 0.3) is 0 Å². The lowest BCUT2D eigenvalue weighted by Crippen LogP contribution is -2.73. The average Bonchev–Trinajstić information content (AvgIpc) is 3.30. The second-order valence-corrected chi connectivity index (χ2v) is 10.3. The fourth-order valence-corrected chi connectivity index (χ4v) is 6.13. The van der Waals surface area contributed by atoms with Crippen molar-refractivity contribution in [2.45, 2.75) is 63.3 Å². The van der Waals surface area contributed by atoms with Crippen LogP contribution >= 0.6 is 0 Å². The third-order valence-corrected chi connectivity index (χ3v) is 7.33. The first-order chi connectivity index (χ1) is 15.7. The number of alkyl halides is 1. The van der Waals surface area contributed by atoms with Crippen molar-refractivity contribution in [1.29, 1.82) is 0 Å². The highest BCUT2D eigenvalue weighted by atomic mass is 19.1. The fourth-order valence-electron chi connectivity index (χ4n) is 6.13. The summed E-state index contributed by atoms with van der Waals surface area (Å²) in [4.78, 5) is 5.96. The molecular formula is C25H31FN6O. The Morgan fingerprint density at radius 3 is 2.64 bits per heavy atom. The molecule has 5 rings (SSSR count). The van der Waals surface area contributed by atoms with Crippen LogP contribution in [0.25, 0.3) is 16.9 Å². The lowest BCUT2D eigenvalue weighted by molar-refractivity contribution is -0.0177. The van der Waals surface area contributed by atoms with E-state index in [1.807, 2.05) is 53.9 Å². The number of halogens is 1. The standard InChI is InChI=1S/C25H31FN6O/c1-16-12-24(2)14-20(23(26)25(3,13-16)30-24)31(4)22-8-7-19(28-29-22)18-6-5-17(11-21(18)33)32-10-9-27-15-32/h5-11,15-16,20,23,30,33H,12-14H2,1-4H3/t16?,20-,23+,24-,25+/m0/s1. The number of aromatic hydroxyl groups is 1. The zero-order chi connectivity index (χ0) is 23.4. The highest BCUT2D eigenvalue weighted by Crippen LogP contribution is 2.45. The van der Waals surface area contributed by atoms with E-state index in [9.17, 15) is 5.11 Å². The predicted octanol–water partition coefficient (Wildman–Crippen LogP) is 4.12. The van der Waals surface area contributed by atoms with E-state index in [-0.39, 0.29) is 17.3 Å². The number of benzene rings is 1. The van der Waals surface area contributed by atoms with Gasteiger partial charge in [-0.3, -0.25) is 0 Å². The number of piperidine rings is 2. The van der Waals surface area contributed by atoms with E-state index < -0.39 is 11.7 Å². The largest absolute Gasteiger partial charge is 0.507 e.